The van der Waals surface area contributed by atoms with E-state index in [9.17, 15) is 4.79 Å². The molecule has 1 rings (SSSR count). The first-order valence-electron chi connectivity index (χ1n) is 14.1. The fourth-order valence-electron chi connectivity index (χ4n) is 4.85. The average Bonchev–Trinajstić information content (AvgIpc) is 2.82. The second kappa shape index (κ2) is 18.7. The molecule has 0 saturated carbocycles. The van der Waals surface area contributed by atoms with Crippen LogP contribution in [0.3, 0.4) is 0 Å². The summed E-state index contributed by atoms with van der Waals surface area (Å²) in [6, 6.07) is 11.0. The highest BCUT2D eigenvalue weighted by Gasteiger charge is 2.29. The topological polar surface area (TPSA) is 26.3 Å². The van der Waals surface area contributed by atoms with Gasteiger partial charge in [0.15, 0.2) is 0 Å². The molecule has 3 nitrogen and oxygen atoms in total. The van der Waals surface area contributed by atoms with E-state index in [2.05, 4.69) is 57.9 Å². The first-order valence-corrected chi connectivity index (χ1v) is 14.1. The van der Waals surface area contributed by atoms with Gasteiger partial charge < -0.3 is 9.22 Å². The number of esters is 1. The van der Waals surface area contributed by atoms with Gasteiger partial charge in [-0.3, -0.25) is 0 Å². The van der Waals surface area contributed by atoms with Crippen molar-refractivity contribution in [3.8, 4) is 0 Å². The molecule has 1 unspecified atom stereocenters. The zero-order valence-electron chi connectivity index (χ0n) is 23.0. The van der Waals surface area contributed by atoms with Crippen molar-refractivity contribution in [3.05, 3.63) is 48.0 Å². The van der Waals surface area contributed by atoms with Crippen molar-refractivity contribution in [1.82, 2.24) is 0 Å². The molecule has 0 amide bonds. The quantitative estimate of drug-likeness (QED) is 0.0773. The van der Waals surface area contributed by atoms with Crippen molar-refractivity contribution in [2.75, 3.05) is 27.2 Å². The summed E-state index contributed by atoms with van der Waals surface area (Å²) < 4.78 is 6.35. The molecule has 0 saturated heterocycles. The Kier molecular flexibility index (Phi) is 16.7. The number of carbonyl (C=O) groups excluding carboxylic acids is 1. The molecule has 0 fully saturated rings. The maximum Gasteiger partial charge on any atom is 0.333 e. The van der Waals surface area contributed by atoms with Gasteiger partial charge in [-0.25, -0.2) is 4.79 Å². The summed E-state index contributed by atoms with van der Waals surface area (Å²) in [7, 11) is 4.64. The standard InChI is InChI=1S/C31H54NO2/c1-6-7-8-9-10-11-12-13-14-15-16-17-18-22-26-32(4,5)30(29-23-20-19-21-24-29)25-27-34-31(33)28(2)3/h19-21,23-24,30H,2,6-18,22,25-27H2,1,3-5H3/q+1. The summed E-state index contributed by atoms with van der Waals surface area (Å²) in [5, 5.41) is 0. The maximum atomic E-state index is 11.8. The molecule has 0 heterocycles. The predicted molar refractivity (Wildman–Crippen MR) is 147 cm³/mol. The molecule has 0 spiro atoms. The van der Waals surface area contributed by atoms with Gasteiger partial charge in [-0.1, -0.05) is 121 Å². The minimum atomic E-state index is -0.288. The van der Waals surface area contributed by atoms with Crippen LogP contribution in [0, 0.1) is 0 Å². The molecule has 0 aliphatic heterocycles. The summed E-state index contributed by atoms with van der Waals surface area (Å²) >= 11 is 0. The van der Waals surface area contributed by atoms with E-state index in [1.165, 1.54) is 95.5 Å². The molecule has 3 heteroatoms. The van der Waals surface area contributed by atoms with Crippen molar-refractivity contribution in [3.63, 3.8) is 0 Å². The van der Waals surface area contributed by atoms with E-state index in [0.717, 1.165) is 17.4 Å². The first kappa shape index (κ1) is 30.4. The number of ether oxygens (including phenoxy) is 1. The Hall–Kier alpha value is -1.61. The third-order valence-electron chi connectivity index (χ3n) is 7.09. The fraction of sp³-hybridized carbons (Fsp3) is 0.710. The lowest BCUT2D eigenvalue weighted by atomic mass is 9.99. The van der Waals surface area contributed by atoms with Crippen molar-refractivity contribution in [1.29, 1.82) is 0 Å². The Morgan fingerprint density at radius 2 is 1.29 bits per heavy atom. The molecule has 0 bridgehead atoms. The Morgan fingerprint density at radius 1 is 0.824 bits per heavy atom. The van der Waals surface area contributed by atoms with Gasteiger partial charge in [0.2, 0.25) is 0 Å². The van der Waals surface area contributed by atoms with Gasteiger partial charge in [-0.15, -0.1) is 0 Å². The Balaban J connectivity index is 2.25. The molecular weight excluding hydrogens is 418 g/mol. The SMILES string of the molecule is C=C(C)C(=O)OCCC(c1ccccc1)[N+](C)(C)CCCCCCCCCCCCCCCC. The minimum Gasteiger partial charge on any atom is -0.462 e. The van der Waals surface area contributed by atoms with Gasteiger partial charge in [0.25, 0.3) is 0 Å². The molecule has 1 aromatic rings. The van der Waals surface area contributed by atoms with E-state index in [4.69, 9.17) is 4.74 Å². The van der Waals surface area contributed by atoms with E-state index in [0.29, 0.717) is 18.2 Å². The maximum absolute atomic E-state index is 11.8. The highest BCUT2D eigenvalue weighted by atomic mass is 16.5. The third kappa shape index (κ3) is 13.9. The second-order valence-corrected chi connectivity index (χ2v) is 10.7. The van der Waals surface area contributed by atoms with E-state index >= 15 is 0 Å². The lowest BCUT2D eigenvalue weighted by Crippen LogP contribution is -2.44. The van der Waals surface area contributed by atoms with Gasteiger partial charge in [-0.05, 0) is 19.8 Å². The number of benzene rings is 1. The van der Waals surface area contributed by atoms with Crippen LogP contribution in [0.2, 0.25) is 0 Å². The average molecular weight is 473 g/mol. The van der Waals surface area contributed by atoms with Crippen molar-refractivity contribution in [2.24, 2.45) is 0 Å². The summed E-state index contributed by atoms with van der Waals surface area (Å²) in [6.45, 7) is 9.25. The van der Waals surface area contributed by atoms with Crippen LogP contribution in [0.25, 0.3) is 0 Å². The van der Waals surface area contributed by atoms with E-state index < -0.39 is 0 Å². The number of nitrogens with zero attached hydrogens (tertiary/aromatic N) is 1. The Labute approximate surface area is 211 Å². The van der Waals surface area contributed by atoms with Gasteiger partial charge in [-0.2, -0.15) is 0 Å². The van der Waals surface area contributed by atoms with Gasteiger partial charge >= 0.3 is 5.97 Å². The van der Waals surface area contributed by atoms with Crippen molar-refractivity contribution in [2.45, 2.75) is 116 Å². The molecule has 194 valence electrons. The first-order chi connectivity index (χ1) is 16.4. The highest BCUT2D eigenvalue weighted by molar-refractivity contribution is 5.86. The third-order valence-corrected chi connectivity index (χ3v) is 7.09. The summed E-state index contributed by atoms with van der Waals surface area (Å²) in [6.07, 6.45) is 20.3. The molecule has 34 heavy (non-hydrogen) atoms. The van der Waals surface area contributed by atoms with Crippen LogP contribution in [0.4, 0.5) is 0 Å². The molecular formula is C31H54NO2+. The fourth-order valence-corrected chi connectivity index (χ4v) is 4.85. The molecule has 1 aromatic carbocycles. The highest BCUT2D eigenvalue weighted by Crippen LogP contribution is 2.29. The van der Waals surface area contributed by atoms with Crippen LogP contribution >= 0.6 is 0 Å². The van der Waals surface area contributed by atoms with Crippen molar-refractivity contribution < 1.29 is 14.0 Å². The zero-order valence-corrected chi connectivity index (χ0v) is 23.0. The largest absolute Gasteiger partial charge is 0.462 e. The van der Waals surface area contributed by atoms with E-state index in [1.807, 2.05) is 0 Å². The minimum absolute atomic E-state index is 0.288. The van der Waals surface area contributed by atoms with Gasteiger partial charge in [0.1, 0.15) is 6.04 Å². The number of carbonyl (C=O) groups is 1. The second-order valence-electron chi connectivity index (χ2n) is 10.7. The number of rotatable bonds is 21. The van der Waals surface area contributed by atoms with E-state index in [1.54, 1.807) is 6.92 Å². The number of hydrogen-bond donors (Lipinski definition) is 0. The van der Waals surface area contributed by atoms with Gasteiger partial charge in [0.05, 0.1) is 27.2 Å². The zero-order chi connectivity index (χ0) is 25.1. The normalized spacial score (nSPS) is 12.5. The predicted octanol–water partition coefficient (Wildman–Crippen LogP) is 8.79. The number of quaternary nitrogens is 1. The lowest BCUT2D eigenvalue weighted by Gasteiger charge is -2.38. The van der Waals surface area contributed by atoms with Crippen LogP contribution in [0.15, 0.2) is 42.5 Å². The molecule has 0 radical (unpaired) electrons. The molecule has 0 N–H and O–H groups in total. The summed E-state index contributed by atoms with van der Waals surface area (Å²) in [5.74, 6) is -0.288. The van der Waals surface area contributed by atoms with E-state index in [-0.39, 0.29) is 5.97 Å². The number of hydrogen-bond acceptors (Lipinski definition) is 2. The summed E-state index contributed by atoms with van der Waals surface area (Å²) in [4.78, 5) is 11.8. The molecule has 0 aromatic heterocycles. The molecule has 1 atom stereocenters. The van der Waals surface area contributed by atoms with Crippen LogP contribution in [-0.4, -0.2) is 37.7 Å². The van der Waals surface area contributed by atoms with Crippen LogP contribution in [-0.2, 0) is 9.53 Å². The molecule has 0 aliphatic rings. The molecule has 0 aliphatic carbocycles. The van der Waals surface area contributed by atoms with Crippen molar-refractivity contribution >= 4 is 5.97 Å². The lowest BCUT2D eigenvalue weighted by molar-refractivity contribution is -0.921. The Bertz CT molecular complexity index is 653. The van der Waals surface area contributed by atoms with Crippen LogP contribution in [0.1, 0.15) is 122 Å². The Morgan fingerprint density at radius 3 is 1.76 bits per heavy atom. The van der Waals surface area contributed by atoms with Crippen LogP contribution < -0.4 is 0 Å². The smallest absolute Gasteiger partial charge is 0.333 e. The monoisotopic (exact) mass is 472 g/mol. The number of unbranched alkanes of at least 4 members (excludes halogenated alkanes) is 13. The van der Waals surface area contributed by atoms with Crippen LogP contribution in [0.5, 0.6) is 0 Å². The summed E-state index contributed by atoms with van der Waals surface area (Å²) in [5.41, 5.74) is 1.79. The van der Waals surface area contributed by atoms with Gasteiger partial charge in [0, 0.05) is 17.6 Å².